The molecule has 0 unspecified atom stereocenters. The smallest absolute Gasteiger partial charge is 0.254 e. The highest BCUT2D eigenvalue weighted by Crippen LogP contribution is 2.38. The Bertz CT molecular complexity index is 581. The van der Waals surface area contributed by atoms with Crippen LogP contribution in [-0.4, -0.2) is 47.6 Å². The Morgan fingerprint density at radius 1 is 1.32 bits per heavy atom. The molecule has 1 aromatic carbocycles. The third-order valence-electron chi connectivity index (χ3n) is 4.19. The van der Waals surface area contributed by atoms with E-state index in [0.717, 1.165) is 18.7 Å². The summed E-state index contributed by atoms with van der Waals surface area (Å²) >= 11 is 8.19. The summed E-state index contributed by atoms with van der Waals surface area (Å²) < 4.78 is 11.3. The van der Waals surface area contributed by atoms with Crippen molar-refractivity contribution in [1.29, 1.82) is 0 Å². The summed E-state index contributed by atoms with van der Waals surface area (Å²) in [6.07, 6.45) is 0.812. The number of nitrogens with zero attached hydrogens (tertiary/aromatic N) is 1. The number of halogens is 1. The van der Waals surface area contributed by atoms with Gasteiger partial charge in [0.2, 0.25) is 0 Å². The molecule has 0 aliphatic carbocycles. The Morgan fingerprint density at radius 2 is 2.09 bits per heavy atom. The Balaban J connectivity index is 1.89. The zero-order valence-electron chi connectivity index (χ0n) is 12.8. The van der Waals surface area contributed by atoms with Crippen molar-refractivity contribution in [2.45, 2.75) is 31.6 Å². The number of amides is 1. The van der Waals surface area contributed by atoms with Gasteiger partial charge in [-0.1, -0.05) is 18.5 Å². The lowest BCUT2D eigenvalue weighted by atomic mass is 10.1. The molecule has 120 valence electrons. The Labute approximate surface area is 140 Å². The fraction of sp³-hybridized carbons (Fsp3) is 0.562. The van der Waals surface area contributed by atoms with Crippen LogP contribution >= 0.6 is 23.4 Å². The normalized spacial score (nSPS) is 24.8. The van der Waals surface area contributed by atoms with Crippen LogP contribution in [0.25, 0.3) is 0 Å². The fourth-order valence-corrected chi connectivity index (χ4v) is 4.10. The Morgan fingerprint density at radius 3 is 2.91 bits per heavy atom. The van der Waals surface area contributed by atoms with Crippen LogP contribution in [0.4, 0.5) is 0 Å². The molecule has 0 aromatic heterocycles. The summed E-state index contributed by atoms with van der Waals surface area (Å²) in [5.41, 5.74) is 0.570. The lowest BCUT2D eigenvalue weighted by Crippen LogP contribution is -2.47. The maximum atomic E-state index is 12.8. The number of fused-ring (bicyclic) bond motifs is 1. The standard InChI is InChI=1S/C16H20ClNO3S/c1-10-11(2)22-7-4-18(10)16(19)12-8-13(17)15-14(9-12)20-5-3-6-21-15/h8-11H,3-7H2,1-2H3/t10-,11+/m0/s1. The van der Waals surface area contributed by atoms with Crippen LogP contribution < -0.4 is 9.47 Å². The zero-order chi connectivity index (χ0) is 15.7. The first-order chi connectivity index (χ1) is 10.6. The van der Waals surface area contributed by atoms with Gasteiger partial charge in [0.25, 0.3) is 5.91 Å². The monoisotopic (exact) mass is 341 g/mol. The number of ether oxygens (including phenoxy) is 2. The molecule has 2 atom stereocenters. The molecule has 4 nitrogen and oxygen atoms in total. The minimum absolute atomic E-state index is 0.0113. The summed E-state index contributed by atoms with van der Waals surface area (Å²) in [5, 5.41) is 0.878. The van der Waals surface area contributed by atoms with Crippen molar-refractivity contribution in [2.24, 2.45) is 0 Å². The molecule has 1 aromatic rings. The minimum atomic E-state index is 0.0113. The zero-order valence-corrected chi connectivity index (χ0v) is 14.4. The van der Waals surface area contributed by atoms with E-state index in [1.807, 2.05) is 16.7 Å². The van der Waals surface area contributed by atoms with Crippen molar-refractivity contribution in [2.75, 3.05) is 25.5 Å². The third-order valence-corrected chi connectivity index (χ3v) is 5.81. The third kappa shape index (κ3) is 3.01. The van der Waals surface area contributed by atoms with Crippen LogP contribution in [0.5, 0.6) is 11.5 Å². The van der Waals surface area contributed by atoms with Gasteiger partial charge in [-0.2, -0.15) is 11.8 Å². The van der Waals surface area contributed by atoms with Crippen molar-refractivity contribution >= 4 is 29.3 Å². The van der Waals surface area contributed by atoms with Gasteiger partial charge in [0, 0.05) is 35.6 Å². The highest BCUT2D eigenvalue weighted by atomic mass is 35.5. The molecule has 2 aliphatic rings. The van der Waals surface area contributed by atoms with Gasteiger partial charge in [-0.25, -0.2) is 0 Å². The summed E-state index contributed by atoms with van der Waals surface area (Å²) in [6.45, 7) is 6.18. The first kappa shape index (κ1) is 15.8. The van der Waals surface area contributed by atoms with E-state index >= 15 is 0 Å². The lowest BCUT2D eigenvalue weighted by molar-refractivity contribution is 0.0697. The van der Waals surface area contributed by atoms with Crippen molar-refractivity contribution in [3.8, 4) is 11.5 Å². The van der Waals surface area contributed by atoms with Crippen LogP contribution in [0.1, 0.15) is 30.6 Å². The second-order valence-corrected chi connectivity index (χ2v) is 7.54. The summed E-state index contributed by atoms with van der Waals surface area (Å²) in [6, 6.07) is 3.66. The van der Waals surface area contributed by atoms with Gasteiger partial charge in [0.15, 0.2) is 11.5 Å². The number of hydrogen-bond acceptors (Lipinski definition) is 4. The molecule has 0 N–H and O–H groups in total. The van der Waals surface area contributed by atoms with Gasteiger partial charge >= 0.3 is 0 Å². The Kier molecular flexibility index (Phi) is 4.73. The van der Waals surface area contributed by atoms with Gasteiger partial charge in [0.1, 0.15) is 0 Å². The predicted molar refractivity (Wildman–Crippen MR) is 89.5 cm³/mol. The molecule has 1 fully saturated rings. The van der Waals surface area contributed by atoms with Crippen LogP contribution in [0.15, 0.2) is 12.1 Å². The summed E-state index contributed by atoms with van der Waals surface area (Å²) in [7, 11) is 0. The first-order valence-corrected chi connectivity index (χ1v) is 9.02. The molecule has 2 aliphatic heterocycles. The van der Waals surface area contributed by atoms with Gasteiger partial charge in [-0.15, -0.1) is 0 Å². The average molecular weight is 342 g/mol. The van der Waals surface area contributed by atoms with E-state index in [4.69, 9.17) is 21.1 Å². The predicted octanol–water partition coefficient (Wildman–Crippen LogP) is 3.47. The van der Waals surface area contributed by atoms with Gasteiger partial charge < -0.3 is 14.4 Å². The number of rotatable bonds is 1. The molecule has 0 radical (unpaired) electrons. The van der Waals surface area contributed by atoms with Gasteiger partial charge in [-0.3, -0.25) is 4.79 Å². The van der Waals surface area contributed by atoms with E-state index in [1.165, 1.54) is 0 Å². The molecule has 0 bridgehead atoms. The van der Waals surface area contributed by atoms with Crippen molar-refractivity contribution < 1.29 is 14.3 Å². The maximum absolute atomic E-state index is 12.8. The lowest BCUT2D eigenvalue weighted by Gasteiger charge is -2.37. The van der Waals surface area contributed by atoms with Crippen LogP contribution in [-0.2, 0) is 0 Å². The summed E-state index contributed by atoms with van der Waals surface area (Å²) in [4.78, 5) is 14.8. The molecule has 1 amide bonds. The molecular weight excluding hydrogens is 322 g/mol. The van der Waals surface area contributed by atoms with E-state index < -0.39 is 0 Å². The molecule has 2 heterocycles. The van der Waals surface area contributed by atoms with E-state index in [0.29, 0.717) is 40.5 Å². The fourth-order valence-electron chi connectivity index (χ4n) is 2.74. The van der Waals surface area contributed by atoms with E-state index in [2.05, 4.69) is 13.8 Å². The topological polar surface area (TPSA) is 38.8 Å². The quantitative estimate of drug-likeness (QED) is 0.784. The molecule has 1 saturated heterocycles. The van der Waals surface area contributed by atoms with Crippen LogP contribution in [0.2, 0.25) is 5.02 Å². The van der Waals surface area contributed by atoms with Crippen molar-refractivity contribution in [3.63, 3.8) is 0 Å². The largest absolute Gasteiger partial charge is 0.489 e. The number of carbonyl (C=O) groups excluding carboxylic acids is 1. The van der Waals surface area contributed by atoms with Crippen molar-refractivity contribution in [3.05, 3.63) is 22.7 Å². The van der Waals surface area contributed by atoms with E-state index in [-0.39, 0.29) is 11.9 Å². The average Bonchev–Trinajstić information content (AvgIpc) is 2.75. The highest BCUT2D eigenvalue weighted by molar-refractivity contribution is 8.00. The van der Waals surface area contributed by atoms with Gasteiger partial charge in [0.05, 0.1) is 18.2 Å². The molecule has 0 saturated carbocycles. The molecule has 6 heteroatoms. The highest BCUT2D eigenvalue weighted by Gasteiger charge is 2.30. The number of carbonyl (C=O) groups is 1. The minimum Gasteiger partial charge on any atom is -0.489 e. The number of benzene rings is 1. The van der Waals surface area contributed by atoms with Crippen LogP contribution in [0.3, 0.4) is 0 Å². The van der Waals surface area contributed by atoms with Crippen LogP contribution in [0, 0.1) is 0 Å². The summed E-state index contributed by atoms with van der Waals surface area (Å²) in [5.74, 6) is 2.10. The Hall–Kier alpha value is -1.07. The first-order valence-electron chi connectivity index (χ1n) is 7.59. The van der Waals surface area contributed by atoms with Gasteiger partial charge in [-0.05, 0) is 19.1 Å². The second kappa shape index (κ2) is 6.59. The van der Waals surface area contributed by atoms with E-state index in [1.54, 1.807) is 12.1 Å². The molecule has 3 rings (SSSR count). The second-order valence-electron chi connectivity index (χ2n) is 5.65. The van der Waals surface area contributed by atoms with E-state index in [9.17, 15) is 4.79 Å². The molecular formula is C16H20ClNO3S. The molecule has 22 heavy (non-hydrogen) atoms. The molecule has 0 spiro atoms. The van der Waals surface area contributed by atoms with Crippen molar-refractivity contribution in [1.82, 2.24) is 4.90 Å². The number of thioether (sulfide) groups is 1. The maximum Gasteiger partial charge on any atom is 0.254 e. The number of hydrogen-bond donors (Lipinski definition) is 0. The SMILES string of the molecule is C[C@H]1SCCN(C(=O)c2cc(Cl)c3c(c2)OCCCO3)[C@H]1C.